The molecular weight excluding hydrogens is 781 g/mol. The van der Waals surface area contributed by atoms with Gasteiger partial charge in [-0.15, -0.1) is 0 Å². The highest BCUT2D eigenvalue weighted by Crippen LogP contribution is 2.43. The molecule has 4 aromatic carbocycles. The molecule has 0 saturated heterocycles. The number of hydrogen-bond acceptors (Lipinski definition) is 12. The quantitative estimate of drug-likeness (QED) is 0.151. The highest BCUT2D eigenvalue weighted by molar-refractivity contribution is 6.66. The maximum atomic E-state index is 7.68. The van der Waals surface area contributed by atoms with Gasteiger partial charge in [0.2, 0.25) is 0 Å². The van der Waals surface area contributed by atoms with Crippen LogP contribution in [0.25, 0.3) is 21.5 Å². The fourth-order valence-electron chi connectivity index (χ4n) is 8.37. The van der Waals surface area contributed by atoms with Crippen molar-refractivity contribution in [3.8, 4) is 0 Å². The van der Waals surface area contributed by atoms with Gasteiger partial charge in [-0.3, -0.25) is 8.47 Å². The Morgan fingerprint density at radius 2 is 0.770 bits per heavy atom. The average Bonchev–Trinajstić information content (AvgIpc) is 3.98. The van der Waals surface area contributed by atoms with Crippen LogP contribution in [0.2, 0.25) is 0 Å². The molecule has 0 amide bonds. The van der Waals surface area contributed by atoms with Crippen LogP contribution in [0.5, 0.6) is 0 Å². The zero-order valence-electron chi connectivity index (χ0n) is 35.6. The van der Waals surface area contributed by atoms with E-state index in [1.165, 1.54) is 0 Å². The molecule has 15 heteroatoms. The third kappa shape index (κ3) is 6.91. The minimum Gasteiger partial charge on any atom is -0.360 e. The first-order valence-corrected chi connectivity index (χ1v) is 22.6. The first-order chi connectivity index (χ1) is 29.7. The van der Waals surface area contributed by atoms with Gasteiger partial charge in [-0.2, -0.15) is 0 Å². The maximum Gasteiger partial charge on any atom is 0.603 e. The van der Waals surface area contributed by atoms with Crippen LogP contribution in [0, 0.1) is 0 Å². The van der Waals surface area contributed by atoms with Crippen LogP contribution >= 0.6 is 0 Å². The zero-order valence-corrected chi connectivity index (χ0v) is 36.6. The predicted molar refractivity (Wildman–Crippen MR) is 245 cm³/mol. The van der Waals surface area contributed by atoms with Crippen molar-refractivity contribution in [3.63, 3.8) is 0 Å². The van der Waals surface area contributed by atoms with Gasteiger partial charge in [0.05, 0.1) is 13.2 Å². The minimum atomic E-state index is -4.19. The number of rotatable bonds is 14. The molecule has 6 bridgehead atoms. The third-order valence-electron chi connectivity index (χ3n) is 11.7. The summed E-state index contributed by atoms with van der Waals surface area (Å²) in [5, 5.41) is 3.59. The van der Waals surface area contributed by atoms with Crippen molar-refractivity contribution in [2.24, 2.45) is 30.0 Å². The summed E-state index contributed by atoms with van der Waals surface area (Å²) in [5.41, 5.74) is 4.91. The van der Waals surface area contributed by atoms with Gasteiger partial charge in [0.25, 0.3) is 0 Å². The molecule has 2 aromatic heterocycles. The van der Waals surface area contributed by atoms with E-state index in [4.69, 9.17) is 38.8 Å². The number of aromatic nitrogens is 2. The van der Waals surface area contributed by atoms with Crippen LogP contribution in [0.3, 0.4) is 0 Å². The Morgan fingerprint density at radius 3 is 1.16 bits per heavy atom. The fraction of sp³-hybridized carbons (Fsp3) is 0.304. The number of fused-ring (bicyclic) bond motifs is 14. The standard InChI is InChI=1S/C46H50N12O2Si/c1-53(2)23-25-55(5)27-29-59-61(60-30-28-56(6)26-24-54(3)4)57-43-35-19-11-12-20-36(35)45(57)51-41-33-17-9-10-18-34(33)42(48-41)52-46-38-22-14-13-21-37(38)44(58(46)61)50-40-32-16-8-7-15-31(32)39(47-40)49-43/h7-22H,23-30H2,1-6H3. The molecule has 0 atom stereocenters. The van der Waals surface area contributed by atoms with Crippen LogP contribution in [0.15, 0.2) is 127 Å². The lowest BCUT2D eigenvalue weighted by atomic mass is 10.1. The summed E-state index contributed by atoms with van der Waals surface area (Å²) in [7, 11) is 8.48. The molecule has 310 valence electrons. The molecule has 0 spiro atoms. The number of aliphatic imine (C=N–C) groups is 4. The second-order valence-corrected chi connectivity index (χ2v) is 19.1. The summed E-state index contributed by atoms with van der Waals surface area (Å²) < 4.78 is 19.7. The van der Waals surface area contributed by atoms with Gasteiger partial charge in [-0.25, -0.2) is 30.0 Å². The van der Waals surface area contributed by atoms with Crippen LogP contribution in [-0.4, -0.2) is 155 Å². The highest BCUT2D eigenvalue weighted by Gasteiger charge is 2.53. The first kappa shape index (κ1) is 39.4. The van der Waals surface area contributed by atoms with Gasteiger partial charge in [-0.05, 0) is 42.3 Å². The second kappa shape index (κ2) is 15.9. The summed E-state index contributed by atoms with van der Waals surface area (Å²) in [6, 6.07) is 33.0. The van der Waals surface area contributed by atoms with Gasteiger partial charge in [0.1, 0.15) is 22.6 Å². The largest absolute Gasteiger partial charge is 0.603 e. The Hall–Kier alpha value is -5.78. The first-order valence-electron chi connectivity index (χ1n) is 20.9. The Kier molecular flexibility index (Phi) is 10.3. The lowest BCUT2D eigenvalue weighted by molar-refractivity contribution is 0.119. The highest BCUT2D eigenvalue weighted by atomic mass is 28.4. The molecule has 0 fully saturated rings. The van der Waals surface area contributed by atoms with E-state index in [2.05, 4.69) is 119 Å². The molecule has 6 aromatic rings. The van der Waals surface area contributed by atoms with Crippen molar-refractivity contribution in [3.05, 3.63) is 130 Å². The van der Waals surface area contributed by atoms with E-state index in [9.17, 15) is 0 Å². The summed E-state index contributed by atoms with van der Waals surface area (Å²) >= 11 is 0. The molecule has 6 heterocycles. The van der Waals surface area contributed by atoms with Crippen molar-refractivity contribution >= 4 is 65.4 Å². The van der Waals surface area contributed by atoms with Crippen LogP contribution in [0.4, 0.5) is 11.6 Å². The molecule has 14 nitrogen and oxygen atoms in total. The number of amidine groups is 4. The Labute approximate surface area is 356 Å². The summed E-state index contributed by atoms with van der Waals surface area (Å²) in [6.07, 6.45) is 0. The van der Waals surface area contributed by atoms with Crippen molar-refractivity contribution in [1.29, 1.82) is 0 Å². The Balaban J connectivity index is 1.34. The van der Waals surface area contributed by atoms with Crippen LogP contribution in [0.1, 0.15) is 22.3 Å². The molecule has 4 aliphatic heterocycles. The monoisotopic (exact) mass is 830 g/mol. The molecule has 0 saturated carbocycles. The van der Waals surface area contributed by atoms with E-state index in [1.54, 1.807) is 0 Å². The molecule has 0 unspecified atom stereocenters. The number of benzene rings is 4. The van der Waals surface area contributed by atoms with E-state index in [0.717, 1.165) is 70.0 Å². The van der Waals surface area contributed by atoms with E-state index in [0.29, 0.717) is 72.3 Å². The average molecular weight is 831 g/mol. The Bertz CT molecular complexity index is 2770. The van der Waals surface area contributed by atoms with Crippen LogP contribution in [-0.2, 0) is 8.85 Å². The van der Waals surface area contributed by atoms with Crippen LogP contribution < -0.4 is 11.0 Å². The van der Waals surface area contributed by atoms with Crippen molar-refractivity contribution < 1.29 is 8.85 Å². The Morgan fingerprint density at radius 1 is 0.410 bits per heavy atom. The maximum absolute atomic E-state index is 7.68. The fourth-order valence-corrected chi connectivity index (χ4v) is 11.6. The molecule has 0 N–H and O–H groups in total. The topological polar surface area (TPSA) is 115 Å². The molecule has 61 heavy (non-hydrogen) atoms. The molecular formula is C46H50N12O2Si. The number of nitrogens with zero attached hydrogens (tertiary/aromatic N) is 12. The van der Waals surface area contributed by atoms with Crippen molar-refractivity contribution in [1.82, 2.24) is 28.1 Å². The lowest BCUT2D eigenvalue weighted by Gasteiger charge is -2.34. The van der Waals surface area contributed by atoms with Crippen molar-refractivity contribution in [2.45, 2.75) is 0 Å². The number of likely N-dealkylation sites (N-methyl/N-ethyl adjacent to an activating group) is 4. The van der Waals surface area contributed by atoms with Gasteiger partial charge >= 0.3 is 8.88 Å². The van der Waals surface area contributed by atoms with Gasteiger partial charge in [0.15, 0.2) is 23.3 Å². The normalized spacial score (nSPS) is 15.8. The van der Waals surface area contributed by atoms with E-state index >= 15 is 0 Å². The summed E-state index contributed by atoms with van der Waals surface area (Å²) in [6.45, 7) is 5.59. The zero-order chi connectivity index (χ0) is 41.8. The van der Waals surface area contributed by atoms with E-state index in [1.807, 2.05) is 48.5 Å². The second-order valence-electron chi connectivity index (χ2n) is 16.6. The van der Waals surface area contributed by atoms with E-state index in [-0.39, 0.29) is 0 Å². The molecule has 10 rings (SSSR count). The molecule has 0 radical (unpaired) electrons. The summed E-state index contributed by atoms with van der Waals surface area (Å²) in [4.78, 5) is 41.6. The van der Waals surface area contributed by atoms with Gasteiger partial charge in [-0.1, -0.05) is 97.1 Å². The molecule has 0 aliphatic carbocycles. The predicted octanol–water partition coefficient (Wildman–Crippen LogP) is 4.39. The lowest BCUT2D eigenvalue weighted by Crippen LogP contribution is -2.64. The smallest absolute Gasteiger partial charge is 0.360 e. The SMILES string of the molecule is CN(C)CCN(C)CCO[Si]1(OCCN(C)CCN(C)C)n2c3c4ccccc4c2N=C2N=C(N=c4c5ccccc5c(n41)=NC1=NC(=N3)c3ccccc31)c1ccccc12. The summed E-state index contributed by atoms with van der Waals surface area (Å²) in [5.74, 6) is 3.57. The van der Waals surface area contributed by atoms with Crippen molar-refractivity contribution in [2.75, 3.05) is 94.8 Å². The van der Waals surface area contributed by atoms with Gasteiger partial charge < -0.3 is 28.5 Å². The minimum absolute atomic E-state index is 0.350. The van der Waals surface area contributed by atoms with Gasteiger partial charge in [0, 0.05) is 83.1 Å². The van der Waals surface area contributed by atoms with E-state index < -0.39 is 8.88 Å². The number of hydrogen-bond donors (Lipinski definition) is 0. The molecule has 4 aliphatic rings. The third-order valence-corrected chi connectivity index (χ3v) is 14.8.